The van der Waals surface area contributed by atoms with Gasteiger partial charge in [-0.2, -0.15) is 0 Å². The van der Waals surface area contributed by atoms with Crippen molar-refractivity contribution < 1.29 is 4.79 Å². The zero-order chi connectivity index (χ0) is 16.8. The van der Waals surface area contributed by atoms with E-state index in [1.165, 1.54) is 24.0 Å². The van der Waals surface area contributed by atoms with Crippen LogP contribution in [0.2, 0.25) is 0 Å². The number of amides is 1. The highest BCUT2D eigenvalue weighted by molar-refractivity contribution is 5.79. The molecule has 1 fully saturated rings. The van der Waals surface area contributed by atoms with Gasteiger partial charge in [-0.1, -0.05) is 80.4 Å². The summed E-state index contributed by atoms with van der Waals surface area (Å²) in [6, 6.07) is 21.3. The topological polar surface area (TPSA) is 20.3 Å². The summed E-state index contributed by atoms with van der Waals surface area (Å²) in [5, 5.41) is 0. The van der Waals surface area contributed by atoms with Crippen LogP contribution in [-0.2, 0) is 17.8 Å². The molecule has 0 saturated carbocycles. The average Bonchev–Trinajstić information content (AvgIpc) is 2.90. The summed E-state index contributed by atoms with van der Waals surface area (Å²) in [6.45, 7) is 2.96. The molecule has 24 heavy (non-hydrogen) atoms. The van der Waals surface area contributed by atoms with Gasteiger partial charge in [-0.25, -0.2) is 0 Å². The molecule has 2 aromatic rings. The van der Waals surface area contributed by atoms with Crippen molar-refractivity contribution in [1.82, 2.24) is 4.90 Å². The lowest BCUT2D eigenvalue weighted by Crippen LogP contribution is -2.36. The quantitative estimate of drug-likeness (QED) is 0.715. The second-order valence-electron chi connectivity index (χ2n) is 6.87. The fourth-order valence-corrected chi connectivity index (χ4v) is 3.80. The molecule has 1 saturated heterocycles. The minimum Gasteiger partial charge on any atom is -0.335 e. The Morgan fingerprint density at radius 3 is 2.21 bits per heavy atom. The fourth-order valence-electron chi connectivity index (χ4n) is 3.80. The number of carbonyl (C=O) groups excluding carboxylic acids is 1. The number of likely N-dealkylation sites (tertiary alicyclic amines) is 1. The third-order valence-corrected chi connectivity index (χ3v) is 5.11. The predicted octanol–water partition coefficient (Wildman–Crippen LogP) is 4.84. The summed E-state index contributed by atoms with van der Waals surface area (Å²) >= 11 is 0. The number of nitrogens with zero attached hydrogens (tertiary/aromatic N) is 1. The summed E-state index contributed by atoms with van der Waals surface area (Å²) in [5.41, 5.74) is 2.55. The molecule has 1 heterocycles. The van der Waals surface area contributed by atoms with Crippen molar-refractivity contribution in [2.75, 3.05) is 0 Å². The van der Waals surface area contributed by atoms with Crippen LogP contribution in [0, 0.1) is 5.92 Å². The Kier molecular flexibility index (Phi) is 5.68. The summed E-state index contributed by atoms with van der Waals surface area (Å²) in [5.74, 6) is 0.808. The first kappa shape index (κ1) is 16.8. The maximum Gasteiger partial charge on any atom is 0.223 e. The Hall–Kier alpha value is -2.09. The molecule has 0 unspecified atom stereocenters. The zero-order valence-electron chi connectivity index (χ0n) is 14.5. The van der Waals surface area contributed by atoms with Crippen molar-refractivity contribution in [2.45, 2.75) is 51.6 Å². The van der Waals surface area contributed by atoms with Crippen molar-refractivity contribution in [3.05, 3.63) is 71.8 Å². The van der Waals surface area contributed by atoms with Gasteiger partial charge >= 0.3 is 0 Å². The Morgan fingerprint density at radius 1 is 0.958 bits per heavy atom. The molecule has 126 valence electrons. The Labute approximate surface area is 145 Å². The minimum absolute atomic E-state index is 0.320. The number of benzene rings is 2. The normalized spacial score (nSPS) is 20.5. The third kappa shape index (κ3) is 4.05. The van der Waals surface area contributed by atoms with Crippen molar-refractivity contribution in [2.24, 2.45) is 5.92 Å². The van der Waals surface area contributed by atoms with Crippen molar-refractivity contribution >= 4 is 5.91 Å². The van der Waals surface area contributed by atoms with Crippen molar-refractivity contribution in [1.29, 1.82) is 0 Å². The maximum absolute atomic E-state index is 12.7. The lowest BCUT2D eigenvalue weighted by molar-refractivity contribution is -0.129. The molecule has 0 aromatic heterocycles. The van der Waals surface area contributed by atoms with Crippen molar-refractivity contribution in [3.8, 4) is 0 Å². The highest BCUT2D eigenvalue weighted by Crippen LogP contribution is 2.33. The maximum atomic E-state index is 12.7. The molecule has 2 aromatic carbocycles. The molecule has 3 rings (SSSR count). The van der Waals surface area contributed by atoms with E-state index in [1.807, 2.05) is 6.07 Å². The number of hydrogen-bond donors (Lipinski definition) is 0. The van der Waals surface area contributed by atoms with E-state index in [1.54, 1.807) is 0 Å². The van der Waals surface area contributed by atoms with Crippen LogP contribution in [0.5, 0.6) is 0 Å². The molecule has 0 spiro atoms. The second kappa shape index (κ2) is 8.14. The van der Waals surface area contributed by atoms with Gasteiger partial charge in [-0.15, -0.1) is 0 Å². The summed E-state index contributed by atoms with van der Waals surface area (Å²) < 4.78 is 0. The first-order valence-electron chi connectivity index (χ1n) is 9.15. The number of carbonyl (C=O) groups is 1. The molecule has 2 atom stereocenters. The van der Waals surface area contributed by atoms with Crippen LogP contribution >= 0.6 is 0 Å². The molecule has 0 radical (unpaired) electrons. The molecule has 2 nitrogen and oxygen atoms in total. The molecule has 1 aliphatic rings. The number of hydrogen-bond acceptors (Lipinski definition) is 1. The van der Waals surface area contributed by atoms with E-state index in [0.29, 0.717) is 24.3 Å². The second-order valence-corrected chi connectivity index (χ2v) is 6.87. The average molecular weight is 321 g/mol. The predicted molar refractivity (Wildman–Crippen MR) is 98.6 cm³/mol. The molecule has 2 heteroatoms. The van der Waals surface area contributed by atoms with Gasteiger partial charge in [0.05, 0.1) is 0 Å². The highest BCUT2D eigenvalue weighted by Gasteiger charge is 2.38. The van der Waals surface area contributed by atoms with E-state index in [9.17, 15) is 4.79 Å². The molecule has 0 aliphatic carbocycles. The molecule has 0 bridgehead atoms. The fraction of sp³-hybridized carbons (Fsp3) is 0.409. The molecule has 1 aliphatic heterocycles. The smallest absolute Gasteiger partial charge is 0.223 e. The van der Waals surface area contributed by atoms with Gasteiger partial charge in [0.25, 0.3) is 0 Å². The number of rotatable bonds is 7. The summed E-state index contributed by atoms with van der Waals surface area (Å²) in [6.07, 6.45) is 5.24. The van der Waals surface area contributed by atoms with Crippen LogP contribution in [0.4, 0.5) is 0 Å². The minimum atomic E-state index is 0.320. The monoisotopic (exact) mass is 321 g/mol. The van der Waals surface area contributed by atoms with E-state index in [-0.39, 0.29) is 0 Å². The van der Waals surface area contributed by atoms with Crippen LogP contribution in [0.1, 0.15) is 43.7 Å². The van der Waals surface area contributed by atoms with Gasteiger partial charge in [0, 0.05) is 19.0 Å². The van der Waals surface area contributed by atoms with E-state index < -0.39 is 0 Å². The first-order chi connectivity index (χ1) is 11.8. The van der Waals surface area contributed by atoms with E-state index in [4.69, 9.17) is 0 Å². The van der Waals surface area contributed by atoms with Gasteiger partial charge in [0.15, 0.2) is 0 Å². The summed E-state index contributed by atoms with van der Waals surface area (Å²) in [7, 11) is 0. The van der Waals surface area contributed by atoms with Crippen LogP contribution < -0.4 is 0 Å². The summed E-state index contributed by atoms with van der Waals surface area (Å²) in [4.78, 5) is 14.8. The molecular formula is C22H27NO. The Morgan fingerprint density at radius 2 is 1.58 bits per heavy atom. The Bertz CT molecular complexity index is 638. The van der Waals surface area contributed by atoms with E-state index >= 15 is 0 Å². The molecule has 1 amide bonds. The van der Waals surface area contributed by atoms with Crippen LogP contribution in [-0.4, -0.2) is 16.8 Å². The van der Waals surface area contributed by atoms with Crippen molar-refractivity contribution in [3.63, 3.8) is 0 Å². The standard InChI is InChI=1S/C22H27NO/c1-2-3-14-20-16-22(24)23(17-19-12-8-5-9-13-19)21(20)15-18-10-6-4-7-11-18/h4-13,20-21H,2-3,14-17H2,1H3/t20-,21+/m1/s1. The van der Waals surface area contributed by atoms with Crippen LogP contribution in [0.25, 0.3) is 0 Å². The third-order valence-electron chi connectivity index (χ3n) is 5.11. The van der Waals surface area contributed by atoms with E-state index in [2.05, 4.69) is 66.4 Å². The van der Waals surface area contributed by atoms with Gasteiger partial charge < -0.3 is 4.90 Å². The van der Waals surface area contributed by atoms with Gasteiger partial charge in [0.2, 0.25) is 5.91 Å². The lowest BCUT2D eigenvalue weighted by Gasteiger charge is -2.29. The van der Waals surface area contributed by atoms with Crippen LogP contribution in [0.3, 0.4) is 0 Å². The molecule has 0 N–H and O–H groups in total. The SMILES string of the molecule is CCCC[C@@H]1CC(=O)N(Cc2ccccc2)[C@H]1Cc1ccccc1. The van der Waals surface area contributed by atoms with Gasteiger partial charge in [-0.3, -0.25) is 4.79 Å². The van der Waals surface area contributed by atoms with E-state index in [0.717, 1.165) is 19.4 Å². The lowest BCUT2D eigenvalue weighted by atomic mass is 9.90. The highest BCUT2D eigenvalue weighted by atomic mass is 16.2. The largest absolute Gasteiger partial charge is 0.335 e. The Balaban J connectivity index is 1.79. The van der Waals surface area contributed by atoms with Gasteiger partial charge in [0.1, 0.15) is 0 Å². The van der Waals surface area contributed by atoms with Gasteiger partial charge in [-0.05, 0) is 29.9 Å². The van der Waals surface area contributed by atoms with Crippen LogP contribution in [0.15, 0.2) is 60.7 Å². The molecular weight excluding hydrogens is 294 g/mol. The first-order valence-corrected chi connectivity index (χ1v) is 9.15. The number of unbranched alkanes of at least 4 members (excludes halogenated alkanes) is 1. The zero-order valence-corrected chi connectivity index (χ0v) is 14.5.